The molecule has 2 rings (SSSR count). The molecule has 0 saturated carbocycles. The molecule has 0 aromatic heterocycles. The van der Waals surface area contributed by atoms with Crippen molar-refractivity contribution in [1.82, 2.24) is 5.32 Å². The number of nitrogens with one attached hydrogen (secondary N) is 2. The van der Waals surface area contributed by atoms with Gasteiger partial charge in [0.2, 0.25) is 0 Å². The molecule has 2 aromatic carbocycles. The fourth-order valence-corrected chi connectivity index (χ4v) is 2.12. The number of anilines is 1. The third kappa shape index (κ3) is 5.12. The molecular formula is C19H21FN2O3. The van der Waals surface area contributed by atoms with Crippen LogP contribution in [-0.2, 0) is 4.79 Å². The number of carbonyl (C=O) groups is 2. The first kappa shape index (κ1) is 18.6. The number of hydrogen-bond donors (Lipinski definition) is 3. The van der Waals surface area contributed by atoms with Crippen molar-refractivity contribution in [3.63, 3.8) is 0 Å². The lowest BCUT2D eigenvalue weighted by Gasteiger charge is -2.21. The highest BCUT2D eigenvalue weighted by molar-refractivity contribution is 6.04. The quantitative estimate of drug-likeness (QED) is 0.780. The molecule has 0 fully saturated rings. The van der Waals surface area contributed by atoms with E-state index in [1.54, 1.807) is 31.2 Å². The van der Waals surface area contributed by atoms with Crippen LogP contribution in [-0.4, -0.2) is 22.5 Å². The van der Waals surface area contributed by atoms with Crippen molar-refractivity contribution >= 4 is 17.5 Å². The molecule has 3 N–H and O–H groups in total. The monoisotopic (exact) mass is 344 g/mol. The second-order valence-electron chi connectivity index (χ2n) is 6.34. The Kier molecular flexibility index (Phi) is 5.54. The average Bonchev–Trinajstić information content (AvgIpc) is 2.55. The number of carbonyl (C=O) groups excluding carboxylic acids is 2. The zero-order valence-corrected chi connectivity index (χ0v) is 14.3. The van der Waals surface area contributed by atoms with Gasteiger partial charge in [-0.2, -0.15) is 0 Å². The van der Waals surface area contributed by atoms with E-state index in [2.05, 4.69) is 10.6 Å². The van der Waals surface area contributed by atoms with E-state index in [4.69, 9.17) is 0 Å². The molecule has 0 spiro atoms. The van der Waals surface area contributed by atoms with E-state index in [9.17, 15) is 19.1 Å². The van der Waals surface area contributed by atoms with Gasteiger partial charge in [0.25, 0.3) is 11.8 Å². The van der Waals surface area contributed by atoms with Crippen molar-refractivity contribution in [3.05, 3.63) is 65.5 Å². The Morgan fingerprint density at radius 1 is 1.04 bits per heavy atom. The van der Waals surface area contributed by atoms with Crippen LogP contribution < -0.4 is 10.6 Å². The number of amides is 2. The van der Waals surface area contributed by atoms with E-state index in [0.717, 1.165) is 5.56 Å². The molecule has 0 radical (unpaired) electrons. The van der Waals surface area contributed by atoms with Crippen molar-refractivity contribution < 1.29 is 19.1 Å². The van der Waals surface area contributed by atoms with Gasteiger partial charge in [-0.3, -0.25) is 9.59 Å². The summed E-state index contributed by atoms with van der Waals surface area (Å²) in [5.41, 5.74) is 0.324. The minimum Gasteiger partial charge on any atom is -0.381 e. The predicted octanol–water partition coefficient (Wildman–Crippen LogP) is 3.03. The van der Waals surface area contributed by atoms with Gasteiger partial charge >= 0.3 is 0 Å². The lowest BCUT2D eigenvalue weighted by molar-refractivity contribution is -0.137. The van der Waals surface area contributed by atoms with Gasteiger partial charge < -0.3 is 15.7 Å². The Bertz CT molecular complexity index is 750. The van der Waals surface area contributed by atoms with Crippen molar-refractivity contribution in [2.45, 2.75) is 32.4 Å². The zero-order valence-electron chi connectivity index (χ0n) is 14.3. The van der Waals surface area contributed by atoms with Crippen LogP contribution in [0.1, 0.15) is 42.7 Å². The van der Waals surface area contributed by atoms with Gasteiger partial charge in [0, 0.05) is 11.3 Å². The first-order valence-electron chi connectivity index (χ1n) is 7.87. The summed E-state index contributed by atoms with van der Waals surface area (Å²) in [6, 6.07) is 12.0. The standard InChI is InChI=1S/C19H21FN2O3/c1-12(21-18(24)19(2,3)25)13-6-10-16(11-7-13)22-17(23)14-4-8-15(20)9-5-14/h4-12,25H,1-3H3,(H,21,24)(H,22,23)/t12-/m0/s1. The van der Waals surface area contributed by atoms with Gasteiger partial charge in [-0.15, -0.1) is 0 Å². The number of benzene rings is 2. The minimum atomic E-state index is -1.45. The number of aliphatic hydroxyl groups is 1. The van der Waals surface area contributed by atoms with Crippen molar-refractivity contribution in [1.29, 1.82) is 0 Å². The number of hydrogen-bond acceptors (Lipinski definition) is 3. The molecule has 2 amide bonds. The van der Waals surface area contributed by atoms with E-state index in [1.807, 2.05) is 0 Å². The second-order valence-corrected chi connectivity index (χ2v) is 6.34. The topological polar surface area (TPSA) is 78.4 Å². The Labute approximate surface area is 145 Å². The van der Waals surface area contributed by atoms with Gasteiger partial charge in [-0.1, -0.05) is 12.1 Å². The van der Waals surface area contributed by atoms with Crippen LogP contribution in [0.25, 0.3) is 0 Å². The molecule has 0 aliphatic rings. The van der Waals surface area contributed by atoms with Crippen LogP contribution in [0.2, 0.25) is 0 Å². The summed E-state index contributed by atoms with van der Waals surface area (Å²) < 4.78 is 12.9. The SMILES string of the molecule is C[C@H](NC(=O)C(C)(C)O)c1ccc(NC(=O)c2ccc(F)cc2)cc1. The molecule has 6 heteroatoms. The Morgan fingerprint density at radius 3 is 2.12 bits per heavy atom. The van der Waals surface area contributed by atoms with Crippen molar-refractivity contribution in [2.24, 2.45) is 0 Å². The van der Waals surface area contributed by atoms with Crippen molar-refractivity contribution in [3.8, 4) is 0 Å². The van der Waals surface area contributed by atoms with Crippen LogP contribution in [0.3, 0.4) is 0 Å². The second kappa shape index (κ2) is 7.44. The van der Waals surface area contributed by atoms with E-state index in [0.29, 0.717) is 11.3 Å². The molecule has 132 valence electrons. The maximum atomic E-state index is 12.9. The van der Waals surface area contributed by atoms with Crippen LogP contribution in [0.5, 0.6) is 0 Å². The third-order valence-corrected chi connectivity index (χ3v) is 3.68. The molecule has 1 atom stereocenters. The molecular weight excluding hydrogens is 323 g/mol. The fraction of sp³-hybridized carbons (Fsp3) is 0.263. The van der Waals surface area contributed by atoms with E-state index < -0.39 is 17.3 Å². The summed E-state index contributed by atoms with van der Waals surface area (Å²) in [5, 5.41) is 15.1. The summed E-state index contributed by atoms with van der Waals surface area (Å²) in [4.78, 5) is 23.9. The minimum absolute atomic E-state index is 0.291. The number of rotatable bonds is 5. The predicted molar refractivity (Wildman–Crippen MR) is 93.7 cm³/mol. The Hall–Kier alpha value is -2.73. The molecule has 0 saturated heterocycles. The molecule has 0 heterocycles. The van der Waals surface area contributed by atoms with Crippen molar-refractivity contribution in [2.75, 3.05) is 5.32 Å². The van der Waals surface area contributed by atoms with Crippen LogP contribution in [0, 0.1) is 5.82 Å². The maximum absolute atomic E-state index is 12.9. The van der Waals surface area contributed by atoms with Crippen LogP contribution >= 0.6 is 0 Å². The molecule has 2 aromatic rings. The fourth-order valence-electron chi connectivity index (χ4n) is 2.12. The lowest BCUT2D eigenvalue weighted by atomic mass is 10.1. The normalized spacial score (nSPS) is 12.4. The van der Waals surface area contributed by atoms with Crippen LogP contribution in [0.4, 0.5) is 10.1 Å². The van der Waals surface area contributed by atoms with Gasteiger partial charge in [-0.25, -0.2) is 4.39 Å². The van der Waals surface area contributed by atoms with Crippen LogP contribution in [0.15, 0.2) is 48.5 Å². The highest BCUT2D eigenvalue weighted by atomic mass is 19.1. The Balaban J connectivity index is 2.00. The summed E-state index contributed by atoms with van der Waals surface area (Å²) in [5.74, 6) is -1.20. The average molecular weight is 344 g/mol. The van der Waals surface area contributed by atoms with Gasteiger partial charge in [0.15, 0.2) is 0 Å². The van der Waals surface area contributed by atoms with Gasteiger partial charge in [0.05, 0.1) is 6.04 Å². The molecule has 0 aliphatic carbocycles. The first-order chi connectivity index (χ1) is 11.7. The summed E-state index contributed by atoms with van der Waals surface area (Å²) >= 11 is 0. The molecule has 25 heavy (non-hydrogen) atoms. The van der Waals surface area contributed by atoms with E-state index in [1.165, 1.54) is 38.1 Å². The summed E-state index contributed by atoms with van der Waals surface area (Å²) in [6.07, 6.45) is 0. The van der Waals surface area contributed by atoms with Gasteiger partial charge in [0.1, 0.15) is 11.4 Å². The third-order valence-electron chi connectivity index (χ3n) is 3.68. The maximum Gasteiger partial charge on any atom is 0.255 e. The first-order valence-corrected chi connectivity index (χ1v) is 7.87. The van der Waals surface area contributed by atoms with Gasteiger partial charge in [-0.05, 0) is 62.7 Å². The van der Waals surface area contributed by atoms with E-state index in [-0.39, 0.29) is 11.9 Å². The Morgan fingerprint density at radius 2 is 1.60 bits per heavy atom. The smallest absolute Gasteiger partial charge is 0.255 e. The summed E-state index contributed by atoms with van der Waals surface area (Å²) in [7, 11) is 0. The zero-order chi connectivity index (χ0) is 18.6. The molecule has 0 aliphatic heterocycles. The highest BCUT2D eigenvalue weighted by Gasteiger charge is 2.25. The van der Waals surface area contributed by atoms with E-state index >= 15 is 0 Å². The largest absolute Gasteiger partial charge is 0.381 e. The highest BCUT2D eigenvalue weighted by Crippen LogP contribution is 2.18. The lowest BCUT2D eigenvalue weighted by Crippen LogP contribution is -2.42. The number of halogens is 1. The molecule has 5 nitrogen and oxygen atoms in total. The molecule has 0 bridgehead atoms. The summed E-state index contributed by atoms with van der Waals surface area (Å²) in [6.45, 7) is 4.64. The molecule has 0 unspecified atom stereocenters.